The van der Waals surface area contributed by atoms with Crippen LogP contribution >= 0.6 is 11.6 Å². The number of halogens is 1. The predicted molar refractivity (Wildman–Crippen MR) is 69.5 cm³/mol. The second-order valence-corrected chi connectivity index (χ2v) is 5.28. The molecule has 1 fully saturated rings. The van der Waals surface area contributed by atoms with E-state index in [-0.39, 0.29) is 5.54 Å². The van der Waals surface area contributed by atoms with Crippen molar-refractivity contribution in [2.75, 3.05) is 0 Å². The summed E-state index contributed by atoms with van der Waals surface area (Å²) in [7, 11) is 0. The molecule has 0 radical (unpaired) electrons. The number of aromatic nitrogens is 4. The zero-order valence-electron chi connectivity index (χ0n) is 10.4. The Hall–Kier alpha value is -1.20. The van der Waals surface area contributed by atoms with Gasteiger partial charge in [0.15, 0.2) is 0 Å². The van der Waals surface area contributed by atoms with Gasteiger partial charge >= 0.3 is 0 Å². The minimum Gasteiger partial charge on any atom is -0.320 e. The first kappa shape index (κ1) is 11.9. The Morgan fingerprint density at radius 3 is 2.83 bits per heavy atom. The van der Waals surface area contributed by atoms with E-state index in [1.165, 1.54) is 6.33 Å². The molecule has 0 aliphatic heterocycles. The fourth-order valence-electron chi connectivity index (χ4n) is 2.92. The van der Waals surface area contributed by atoms with Crippen molar-refractivity contribution >= 4 is 17.4 Å². The van der Waals surface area contributed by atoms with E-state index in [0.717, 1.165) is 43.4 Å². The predicted octanol–water partition coefficient (Wildman–Crippen LogP) is 2.07. The second-order valence-electron chi connectivity index (χ2n) is 4.92. The first-order valence-electron chi connectivity index (χ1n) is 6.33. The van der Waals surface area contributed by atoms with E-state index in [9.17, 15) is 0 Å². The molecule has 2 aromatic heterocycles. The summed E-state index contributed by atoms with van der Waals surface area (Å²) < 4.78 is 1.76. The van der Waals surface area contributed by atoms with Crippen LogP contribution < -0.4 is 5.73 Å². The third-order valence-corrected chi connectivity index (χ3v) is 4.11. The van der Waals surface area contributed by atoms with E-state index >= 15 is 0 Å². The summed E-state index contributed by atoms with van der Waals surface area (Å²) in [4.78, 5) is 8.39. The lowest BCUT2D eigenvalue weighted by Crippen LogP contribution is -2.37. The molecule has 1 aliphatic carbocycles. The molecular formula is C12H16ClN5. The van der Waals surface area contributed by atoms with Crippen molar-refractivity contribution in [1.29, 1.82) is 0 Å². The monoisotopic (exact) mass is 265 g/mol. The molecule has 96 valence electrons. The lowest BCUT2D eigenvalue weighted by molar-refractivity contribution is 0.430. The summed E-state index contributed by atoms with van der Waals surface area (Å²) in [5, 5.41) is 4.77. The van der Waals surface area contributed by atoms with Gasteiger partial charge in [-0.05, 0) is 19.3 Å². The van der Waals surface area contributed by atoms with Crippen LogP contribution in [0.25, 0.3) is 5.78 Å². The molecule has 1 saturated carbocycles. The van der Waals surface area contributed by atoms with Gasteiger partial charge in [0.05, 0.1) is 11.2 Å². The van der Waals surface area contributed by atoms with Gasteiger partial charge in [0.2, 0.25) is 0 Å². The molecule has 18 heavy (non-hydrogen) atoms. The molecule has 0 saturated heterocycles. The van der Waals surface area contributed by atoms with Crippen molar-refractivity contribution in [1.82, 2.24) is 19.6 Å². The molecule has 3 rings (SSSR count). The van der Waals surface area contributed by atoms with Gasteiger partial charge in [-0.2, -0.15) is 19.6 Å². The van der Waals surface area contributed by atoms with Crippen LogP contribution in [0.4, 0.5) is 0 Å². The van der Waals surface area contributed by atoms with Crippen LogP contribution in [0.3, 0.4) is 0 Å². The summed E-state index contributed by atoms with van der Waals surface area (Å²) in [6.45, 7) is 2.06. The lowest BCUT2D eigenvalue weighted by Gasteiger charge is -2.27. The largest absolute Gasteiger partial charge is 0.320 e. The van der Waals surface area contributed by atoms with E-state index in [0.29, 0.717) is 10.9 Å². The molecule has 5 nitrogen and oxygen atoms in total. The molecule has 2 aromatic rings. The van der Waals surface area contributed by atoms with Crippen LogP contribution in [0.5, 0.6) is 0 Å². The zero-order chi connectivity index (χ0) is 12.8. The third kappa shape index (κ3) is 1.61. The molecule has 0 bridgehead atoms. The number of hydrogen-bond donors (Lipinski definition) is 1. The Bertz CT molecular complexity index is 585. The maximum atomic E-state index is 6.58. The fourth-order valence-corrected chi connectivity index (χ4v) is 3.22. The fraction of sp³-hybridized carbons (Fsp3) is 0.583. The van der Waals surface area contributed by atoms with Gasteiger partial charge in [0.1, 0.15) is 11.5 Å². The van der Waals surface area contributed by atoms with Gasteiger partial charge in [0, 0.05) is 5.56 Å². The number of rotatable bonds is 2. The van der Waals surface area contributed by atoms with E-state index < -0.39 is 0 Å². The van der Waals surface area contributed by atoms with Gasteiger partial charge in [-0.25, -0.2) is 0 Å². The maximum Gasteiger partial charge on any atom is 0.253 e. The third-order valence-electron chi connectivity index (χ3n) is 3.80. The van der Waals surface area contributed by atoms with E-state index in [1.807, 2.05) is 0 Å². The van der Waals surface area contributed by atoms with Crippen LogP contribution in [0.15, 0.2) is 6.33 Å². The highest BCUT2D eigenvalue weighted by Crippen LogP contribution is 2.39. The van der Waals surface area contributed by atoms with Crippen LogP contribution in [0.2, 0.25) is 5.15 Å². The Balaban J connectivity index is 2.33. The van der Waals surface area contributed by atoms with Crippen LogP contribution in [-0.2, 0) is 12.0 Å². The minimum atomic E-state index is -0.343. The Morgan fingerprint density at radius 2 is 2.17 bits per heavy atom. The van der Waals surface area contributed by atoms with Crippen molar-refractivity contribution in [3.05, 3.63) is 22.7 Å². The van der Waals surface area contributed by atoms with Crippen molar-refractivity contribution in [2.24, 2.45) is 5.73 Å². The molecule has 0 unspecified atom stereocenters. The SMILES string of the molecule is CCc1c(Cl)nc2ncnn2c1C1(N)CCCC1. The van der Waals surface area contributed by atoms with Crippen molar-refractivity contribution in [3.63, 3.8) is 0 Å². The highest BCUT2D eigenvalue weighted by molar-refractivity contribution is 6.30. The maximum absolute atomic E-state index is 6.58. The van der Waals surface area contributed by atoms with Crippen LogP contribution in [-0.4, -0.2) is 19.6 Å². The molecule has 0 amide bonds. The molecule has 2 N–H and O–H groups in total. The number of nitrogens with two attached hydrogens (primary N) is 1. The quantitative estimate of drug-likeness (QED) is 0.844. The minimum absolute atomic E-state index is 0.343. The summed E-state index contributed by atoms with van der Waals surface area (Å²) in [6, 6.07) is 0. The number of nitrogens with zero attached hydrogens (tertiary/aromatic N) is 4. The van der Waals surface area contributed by atoms with E-state index in [4.69, 9.17) is 17.3 Å². The van der Waals surface area contributed by atoms with Gasteiger partial charge in [0.25, 0.3) is 5.78 Å². The zero-order valence-corrected chi connectivity index (χ0v) is 11.1. The topological polar surface area (TPSA) is 69.1 Å². The number of hydrogen-bond acceptors (Lipinski definition) is 4. The molecule has 2 heterocycles. The molecule has 1 aliphatic rings. The van der Waals surface area contributed by atoms with Gasteiger partial charge in [-0.1, -0.05) is 31.4 Å². The van der Waals surface area contributed by atoms with E-state index in [1.54, 1.807) is 4.52 Å². The van der Waals surface area contributed by atoms with Crippen molar-refractivity contribution in [3.8, 4) is 0 Å². The summed E-state index contributed by atoms with van der Waals surface area (Å²) >= 11 is 6.26. The molecule has 6 heteroatoms. The standard InChI is InChI=1S/C12H16ClN5/c1-2-8-9(12(14)5-3-4-6-12)18-11(15-7-16-18)17-10(8)13/h7H,2-6,14H2,1H3. The highest BCUT2D eigenvalue weighted by Gasteiger charge is 2.36. The average molecular weight is 266 g/mol. The number of fused-ring (bicyclic) bond motifs is 1. The second kappa shape index (κ2) is 4.17. The van der Waals surface area contributed by atoms with Gasteiger partial charge < -0.3 is 5.73 Å². The summed E-state index contributed by atoms with van der Waals surface area (Å²) in [5.74, 6) is 0.531. The summed E-state index contributed by atoms with van der Waals surface area (Å²) in [6.07, 6.45) is 6.53. The molecule has 0 atom stereocenters. The van der Waals surface area contributed by atoms with Crippen molar-refractivity contribution in [2.45, 2.75) is 44.6 Å². The molecule has 0 aromatic carbocycles. The van der Waals surface area contributed by atoms with E-state index in [2.05, 4.69) is 22.0 Å². The van der Waals surface area contributed by atoms with Gasteiger partial charge in [-0.3, -0.25) is 0 Å². The van der Waals surface area contributed by atoms with Crippen LogP contribution in [0.1, 0.15) is 43.9 Å². The van der Waals surface area contributed by atoms with Crippen LogP contribution in [0, 0.1) is 0 Å². The van der Waals surface area contributed by atoms with Crippen molar-refractivity contribution < 1.29 is 0 Å². The molecular weight excluding hydrogens is 250 g/mol. The lowest BCUT2D eigenvalue weighted by atomic mass is 9.90. The first-order valence-corrected chi connectivity index (χ1v) is 6.71. The molecule has 0 spiro atoms. The normalized spacial score (nSPS) is 18.6. The summed E-state index contributed by atoms with van der Waals surface area (Å²) in [5.41, 5.74) is 8.23. The smallest absolute Gasteiger partial charge is 0.253 e. The van der Waals surface area contributed by atoms with Gasteiger partial charge in [-0.15, -0.1) is 0 Å². The Morgan fingerprint density at radius 1 is 1.44 bits per heavy atom. The Labute approximate surface area is 110 Å². The first-order chi connectivity index (χ1) is 8.65. The highest BCUT2D eigenvalue weighted by atomic mass is 35.5. The average Bonchev–Trinajstić information content (AvgIpc) is 2.96. The Kier molecular flexibility index (Phi) is 2.75.